The summed E-state index contributed by atoms with van der Waals surface area (Å²) in [5.41, 5.74) is 0. The van der Waals surface area contributed by atoms with Gasteiger partial charge in [-0.15, -0.1) is 0 Å². The lowest BCUT2D eigenvalue weighted by atomic mass is 11.0. The van der Waals surface area contributed by atoms with Gasteiger partial charge in [0.05, 0.1) is 0 Å². The first-order valence-electron chi connectivity index (χ1n) is 1.61. The second-order valence-electron chi connectivity index (χ2n) is 0.981. The van der Waals surface area contributed by atoms with Gasteiger partial charge in [-0.25, -0.2) is 0 Å². The molecular weight excluding hydrogens is 117 g/mol. The van der Waals surface area contributed by atoms with E-state index < -0.39 is 7.60 Å². The Hall–Kier alpha value is 0.110. The Labute approximate surface area is 42.3 Å². The molecule has 0 aromatic rings. The second-order valence-corrected chi connectivity index (χ2v) is 2.94. The number of rotatable bonds is 1. The van der Waals surface area contributed by atoms with E-state index in [1.807, 2.05) is 0 Å². The normalized spacial score (nSPS) is 10.1. The van der Waals surface area contributed by atoms with Crippen LogP contribution >= 0.6 is 7.60 Å². The molecule has 0 aliphatic carbocycles. The maximum Gasteiger partial charge on any atom is 0.325 e. The van der Waals surface area contributed by atoms with Gasteiger partial charge in [0.25, 0.3) is 0 Å². The summed E-state index contributed by atoms with van der Waals surface area (Å²) in [5, 5.41) is 0. The Morgan fingerprint density at radius 1 is 1.57 bits per heavy atom. The Balaban J connectivity index is 0. The monoisotopic (exact) mass is 127 g/mol. The molecule has 0 fully saturated rings. The molecule has 0 aliphatic rings. The van der Waals surface area contributed by atoms with Gasteiger partial charge >= 0.3 is 7.60 Å². The van der Waals surface area contributed by atoms with Crippen molar-refractivity contribution in [2.45, 2.75) is 6.92 Å². The van der Waals surface area contributed by atoms with Gasteiger partial charge in [-0.05, 0) is 0 Å². The lowest BCUT2D eigenvalue weighted by Crippen LogP contribution is -1.76. The topological polar surface area (TPSA) is 92.5 Å². The highest BCUT2D eigenvalue weighted by Crippen LogP contribution is 2.32. The first-order valence-corrected chi connectivity index (χ1v) is 3.40. The van der Waals surface area contributed by atoms with Gasteiger partial charge in [0.15, 0.2) is 0 Å². The van der Waals surface area contributed by atoms with E-state index in [1.54, 1.807) is 0 Å². The minimum Gasteiger partial charge on any atom is -0.344 e. The third-order valence-corrected chi connectivity index (χ3v) is 1.24. The van der Waals surface area contributed by atoms with Crippen LogP contribution in [0.1, 0.15) is 6.92 Å². The highest BCUT2D eigenvalue weighted by atomic mass is 31.2. The predicted molar refractivity (Wildman–Crippen MR) is 27.6 cm³/mol. The fourth-order valence-corrected chi connectivity index (χ4v) is 0. The van der Waals surface area contributed by atoms with Crippen molar-refractivity contribution in [2.75, 3.05) is 6.16 Å². The molecule has 46 valence electrons. The molecule has 4 nitrogen and oxygen atoms in total. The summed E-state index contributed by atoms with van der Waals surface area (Å²) in [4.78, 5) is 15.9. The van der Waals surface area contributed by atoms with Gasteiger partial charge in [0, 0.05) is 6.16 Å². The van der Waals surface area contributed by atoms with Crippen LogP contribution in [0.5, 0.6) is 0 Å². The van der Waals surface area contributed by atoms with Crippen LogP contribution in [0, 0.1) is 0 Å². The van der Waals surface area contributed by atoms with E-state index in [4.69, 9.17) is 9.79 Å². The third-order valence-electron chi connectivity index (χ3n) is 0.412. The van der Waals surface area contributed by atoms with E-state index in [-0.39, 0.29) is 12.3 Å². The average Bonchev–Trinajstić information content (AvgIpc) is 1.35. The van der Waals surface area contributed by atoms with Crippen molar-refractivity contribution in [1.82, 2.24) is 6.15 Å². The Bertz CT molecular complexity index is 77.0. The number of hydrogen-bond donors (Lipinski definition) is 3. The molecule has 0 saturated heterocycles. The fourth-order valence-electron chi connectivity index (χ4n) is 0. The van der Waals surface area contributed by atoms with Gasteiger partial charge in [-0.3, -0.25) is 4.57 Å². The molecule has 0 atom stereocenters. The fraction of sp³-hybridized carbons (Fsp3) is 1.00. The van der Waals surface area contributed by atoms with Crippen LogP contribution < -0.4 is 6.15 Å². The van der Waals surface area contributed by atoms with Gasteiger partial charge in [-0.2, -0.15) is 0 Å². The minimum atomic E-state index is -3.65. The predicted octanol–water partition coefficient (Wildman–Crippen LogP) is 0.346. The summed E-state index contributed by atoms with van der Waals surface area (Å²) in [6, 6.07) is 0. The summed E-state index contributed by atoms with van der Waals surface area (Å²) in [6.07, 6.45) is -0.0625. The summed E-state index contributed by atoms with van der Waals surface area (Å²) in [5.74, 6) is 0. The van der Waals surface area contributed by atoms with Crippen LogP contribution in [0.25, 0.3) is 0 Å². The van der Waals surface area contributed by atoms with Gasteiger partial charge in [-0.1, -0.05) is 6.92 Å². The molecule has 0 unspecified atom stereocenters. The summed E-state index contributed by atoms with van der Waals surface area (Å²) in [7, 11) is -3.65. The third kappa shape index (κ3) is 10.7. The number of hydrogen-bond acceptors (Lipinski definition) is 2. The molecule has 7 heavy (non-hydrogen) atoms. The maximum atomic E-state index is 9.69. The largest absolute Gasteiger partial charge is 0.344 e. The van der Waals surface area contributed by atoms with Gasteiger partial charge in [0.1, 0.15) is 0 Å². The van der Waals surface area contributed by atoms with E-state index in [2.05, 4.69) is 0 Å². The molecule has 0 saturated carbocycles. The standard InChI is InChI=1S/C2H7O3P.H3N/c1-2-6(3,4)5;/h2H2,1H3,(H2,3,4,5);1H3. The first-order chi connectivity index (χ1) is 2.56. The zero-order valence-corrected chi connectivity index (χ0v) is 5.06. The average molecular weight is 127 g/mol. The van der Waals surface area contributed by atoms with Crippen LogP contribution in [-0.2, 0) is 4.57 Å². The lowest BCUT2D eigenvalue weighted by molar-refractivity contribution is 0.375. The molecule has 0 heterocycles. The van der Waals surface area contributed by atoms with E-state index in [9.17, 15) is 4.57 Å². The summed E-state index contributed by atoms with van der Waals surface area (Å²) >= 11 is 0. The SMILES string of the molecule is CCP(=O)(O)O.N. The molecule has 5 heteroatoms. The molecule has 0 aromatic carbocycles. The van der Waals surface area contributed by atoms with Crippen LogP contribution in [0.15, 0.2) is 0 Å². The van der Waals surface area contributed by atoms with E-state index in [0.29, 0.717) is 0 Å². The zero-order valence-electron chi connectivity index (χ0n) is 4.16. The smallest absolute Gasteiger partial charge is 0.325 e. The van der Waals surface area contributed by atoms with Crippen molar-refractivity contribution in [3.8, 4) is 0 Å². The molecular formula is C2H10NO3P. The maximum absolute atomic E-state index is 9.69. The van der Waals surface area contributed by atoms with Crippen molar-refractivity contribution < 1.29 is 14.4 Å². The molecule has 5 N–H and O–H groups in total. The Kier molecular flexibility index (Phi) is 4.58. The molecule has 0 aliphatic heterocycles. The molecule has 0 aromatic heterocycles. The van der Waals surface area contributed by atoms with Crippen molar-refractivity contribution in [3.63, 3.8) is 0 Å². The van der Waals surface area contributed by atoms with Crippen molar-refractivity contribution in [3.05, 3.63) is 0 Å². The van der Waals surface area contributed by atoms with Crippen LogP contribution in [0.2, 0.25) is 0 Å². The summed E-state index contributed by atoms with van der Waals surface area (Å²) in [6.45, 7) is 1.45. The molecule has 0 bridgehead atoms. The highest BCUT2D eigenvalue weighted by Gasteiger charge is 2.05. The Morgan fingerprint density at radius 3 is 1.71 bits per heavy atom. The van der Waals surface area contributed by atoms with Crippen LogP contribution in [0.4, 0.5) is 0 Å². The lowest BCUT2D eigenvalue weighted by Gasteiger charge is -1.92. The molecule has 0 rings (SSSR count). The van der Waals surface area contributed by atoms with Crippen molar-refractivity contribution in [1.29, 1.82) is 0 Å². The zero-order chi connectivity index (χ0) is 5.21. The van der Waals surface area contributed by atoms with E-state index >= 15 is 0 Å². The van der Waals surface area contributed by atoms with Crippen molar-refractivity contribution in [2.24, 2.45) is 0 Å². The quantitative estimate of drug-likeness (QED) is 0.443. The van der Waals surface area contributed by atoms with Crippen LogP contribution in [0.3, 0.4) is 0 Å². The molecule has 0 spiro atoms. The van der Waals surface area contributed by atoms with E-state index in [1.165, 1.54) is 6.92 Å². The first kappa shape index (κ1) is 10.2. The van der Waals surface area contributed by atoms with Crippen molar-refractivity contribution >= 4 is 7.60 Å². The second kappa shape index (κ2) is 3.16. The Morgan fingerprint density at radius 2 is 1.71 bits per heavy atom. The molecule has 0 radical (unpaired) electrons. The van der Waals surface area contributed by atoms with E-state index in [0.717, 1.165) is 0 Å². The highest BCUT2D eigenvalue weighted by molar-refractivity contribution is 7.51. The van der Waals surface area contributed by atoms with Crippen LogP contribution in [-0.4, -0.2) is 15.9 Å². The summed E-state index contributed by atoms with van der Waals surface area (Å²) < 4.78 is 9.69. The molecule has 0 amide bonds. The minimum absolute atomic E-state index is 0. The van der Waals surface area contributed by atoms with Gasteiger partial charge < -0.3 is 15.9 Å². The van der Waals surface area contributed by atoms with Gasteiger partial charge in [0.2, 0.25) is 0 Å².